The van der Waals surface area contributed by atoms with Gasteiger partial charge in [0.05, 0.1) is 5.56 Å². The molecule has 0 aliphatic heterocycles. The molecule has 0 aromatic carbocycles. The Hall–Kier alpha value is -1.69. The Morgan fingerprint density at radius 2 is 2.05 bits per heavy atom. The summed E-state index contributed by atoms with van der Waals surface area (Å²) < 4.78 is 1.79. The van der Waals surface area contributed by atoms with Crippen LogP contribution in [0.4, 0.5) is 5.13 Å². The molecule has 5 nitrogen and oxygen atoms in total. The number of pyridine rings is 1. The van der Waals surface area contributed by atoms with Gasteiger partial charge in [-0.3, -0.25) is 4.79 Å². The van der Waals surface area contributed by atoms with E-state index in [1.807, 2.05) is 13.1 Å². The molecule has 6 heteroatoms. The summed E-state index contributed by atoms with van der Waals surface area (Å²) in [5, 5.41) is 13.0. The largest absolute Gasteiger partial charge is 0.358 e. The predicted octanol–water partition coefficient (Wildman–Crippen LogP) is 2.60. The topological polar surface area (TPSA) is 59.8 Å². The van der Waals surface area contributed by atoms with Gasteiger partial charge in [0, 0.05) is 18.8 Å². The summed E-state index contributed by atoms with van der Waals surface area (Å²) in [6.45, 7) is 4.11. The first-order chi connectivity index (χ1) is 10.1. The van der Waals surface area contributed by atoms with E-state index in [4.69, 9.17) is 0 Å². The number of rotatable bonds is 3. The van der Waals surface area contributed by atoms with Crippen molar-refractivity contribution < 1.29 is 0 Å². The zero-order valence-electron chi connectivity index (χ0n) is 12.6. The lowest BCUT2D eigenvalue weighted by atomic mass is 9.94. The second-order valence-corrected chi connectivity index (χ2v) is 6.79. The second-order valence-electron chi connectivity index (χ2n) is 5.81. The number of fused-ring (bicyclic) bond motifs is 1. The van der Waals surface area contributed by atoms with E-state index in [0.29, 0.717) is 16.6 Å². The molecule has 1 aliphatic carbocycles. The maximum Gasteiger partial charge on any atom is 0.260 e. The lowest BCUT2D eigenvalue weighted by Crippen LogP contribution is -2.25. The summed E-state index contributed by atoms with van der Waals surface area (Å²) in [5.41, 5.74) is 3.17. The van der Waals surface area contributed by atoms with Gasteiger partial charge in [-0.2, -0.15) is 0 Å². The molecule has 0 fully saturated rings. The number of anilines is 1. The molecule has 0 saturated heterocycles. The van der Waals surface area contributed by atoms with Crippen LogP contribution in [0.2, 0.25) is 0 Å². The first kappa shape index (κ1) is 14.3. The first-order valence-corrected chi connectivity index (χ1v) is 8.20. The third-order valence-corrected chi connectivity index (χ3v) is 4.69. The van der Waals surface area contributed by atoms with Crippen LogP contribution in [0.25, 0.3) is 10.6 Å². The lowest BCUT2D eigenvalue weighted by molar-refractivity contribution is 0.624. The summed E-state index contributed by atoms with van der Waals surface area (Å²) in [7, 11) is 1.87. The minimum atomic E-state index is 0.0305. The van der Waals surface area contributed by atoms with Crippen molar-refractivity contribution in [1.29, 1.82) is 0 Å². The molecule has 0 saturated carbocycles. The fraction of sp³-hybridized carbons (Fsp3) is 0.533. The highest BCUT2D eigenvalue weighted by atomic mass is 32.1. The van der Waals surface area contributed by atoms with Gasteiger partial charge in [0.1, 0.15) is 0 Å². The van der Waals surface area contributed by atoms with E-state index in [2.05, 4.69) is 29.4 Å². The van der Waals surface area contributed by atoms with Crippen LogP contribution in [-0.4, -0.2) is 20.8 Å². The van der Waals surface area contributed by atoms with Crippen molar-refractivity contribution >= 4 is 16.5 Å². The predicted molar refractivity (Wildman–Crippen MR) is 86.0 cm³/mol. The number of hydrogen-bond acceptors (Lipinski definition) is 5. The average Bonchev–Trinajstić information content (AvgIpc) is 2.90. The number of nitrogens with one attached hydrogen (secondary N) is 1. The molecule has 1 N–H and O–H groups in total. The number of aromatic nitrogens is 3. The van der Waals surface area contributed by atoms with Crippen LogP contribution in [0.1, 0.15) is 37.9 Å². The van der Waals surface area contributed by atoms with Crippen LogP contribution >= 0.6 is 11.3 Å². The van der Waals surface area contributed by atoms with Crippen LogP contribution in [-0.2, 0) is 19.9 Å². The zero-order valence-corrected chi connectivity index (χ0v) is 13.5. The van der Waals surface area contributed by atoms with E-state index in [1.54, 1.807) is 4.57 Å². The Labute approximate surface area is 128 Å². The molecular formula is C15H20N4OS. The fourth-order valence-corrected chi connectivity index (χ4v) is 3.68. The number of hydrogen-bond donors (Lipinski definition) is 1. The van der Waals surface area contributed by atoms with Gasteiger partial charge < -0.3 is 9.88 Å². The Balaban J connectivity index is 2.04. The van der Waals surface area contributed by atoms with Gasteiger partial charge in [-0.15, -0.1) is 10.2 Å². The van der Waals surface area contributed by atoms with Gasteiger partial charge in [0.2, 0.25) is 5.13 Å². The second kappa shape index (κ2) is 5.60. The van der Waals surface area contributed by atoms with E-state index in [1.165, 1.54) is 35.4 Å². The van der Waals surface area contributed by atoms with Gasteiger partial charge in [-0.05, 0) is 51.2 Å². The van der Waals surface area contributed by atoms with E-state index in [9.17, 15) is 4.79 Å². The van der Waals surface area contributed by atoms with Crippen LogP contribution in [0, 0.1) is 0 Å². The van der Waals surface area contributed by atoms with E-state index in [0.717, 1.165) is 18.0 Å². The normalized spacial score (nSPS) is 14.3. The fourth-order valence-electron chi connectivity index (χ4n) is 2.78. The molecule has 2 aromatic rings. The molecule has 3 rings (SSSR count). The molecule has 112 valence electrons. The molecule has 0 bridgehead atoms. The molecule has 1 aliphatic rings. The van der Waals surface area contributed by atoms with E-state index >= 15 is 0 Å². The summed E-state index contributed by atoms with van der Waals surface area (Å²) in [6, 6.07) is 2.33. The molecule has 2 aromatic heterocycles. The van der Waals surface area contributed by atoms with E-state index in [-0.39, 0.29) is 5.56 Å². The van der Waals surface area contributed by atoms with Crippen molar-refractivity contribution in [2.24, 2.45) is 7.05 Å². The Morgan fingerprint density at radius 3 is 2.81 bits per heavy atom. The quantitative estimate of drug-likeness (QED) is 0.947. The first-order valence-electron chi connectivity index (χ1n) is 7.38. The van der Waals surface area contributed by atoms with Gasteiger partial charge in [-0.1, -0.05) is 11.3 Å². The van der Waals surface area contributed by atoms with Crippen molar-refractivity contribution in [3.63, 3.8) is 0 Å². The minimum Gasteiger partial charge on any atom is -0.358 e. The summed E-state index contributed by atoms with van der Waals surface area (Å²) >= 11 is 1.44. The van der Waals surface area contributed by atoms with Gasteiger partial charge in [-0.25, -0.2) is 0 Å². The van der Waals surface area contributed by atoms with Crippen molar-refractivity contribution in [3.8, 4) is 10.6 Å². The lowest BCUT2D eigenvalue weighted by Gasteiger charge is -2.19. The smallest absolute Gasteiger partial charge is 0.260 e. The number of nitrogens with zero attached hydrogens (tertiary/aromatic N) is 3. The standard InChI is InChI=1S/C15H20N4OS/c1-9(2)16-15-18-17-13(21-15)11-8-10-6-4-5-7-12(10)19(3)14(11)20/h8-9H,4-7H2,1-3H3,(H,16,18). The van der Waals surface area contributed by atoms with Crippen LogP contribution in [0.15, 0.2) is 10.9 Å². The molecule has 21 heavy (non-hydrogen) atoms. The van der Waals surface area contributed by atoms with Gasteiger partial charge in [0.15, 0.2) is 5.01 Å². The Kier molecular flexibility index (Phi) is 3.80. The average molecular weight is 304 g/mol. The summed E-state index contributed by atoms with van der Waals surface area (Å²) in [6.07, 6.45) is 4.41. The van der Waals surface area contributed by atoms with Crippen LogP contribution < -0.4 is 10.9 Å². The van der Waals surface area contributed by atoms with Crippen molar-refractivity contribution in [2.75, 3.05) is 5.32 Å². The van der Waals surface area contributed by atoms with Crippen LogP contribution in [0.3, 0.4) is 0 Å². The summed E-state index contributed by atoms with van der Waals surface area (Å²) in [5.74, 6) is 0. The molecule has 0 atom stereocenters. The molecule has 0 unspecified atom stereocenters. The number of aryl methyl sites for hydroxylation is 1. The maximum absolute atomic E-state index is 12.6. The highest BCUT2D eigenvalue weighted by molar-refractivity contribution is 7.18. The highest BCUT2D eigenvalue weighted by Crippen LogP contribution is 2.28. The third kappa shape index (κ3) is 2.72. The van der Waals surface area contributed by atoms with Gasteiger partial charge >= 0.3 is 0 Å². The Morgan fingerprint density at radius 1 is 1.29 bits per heavy atom. The zero-order chi connectivity index (χ0) is 15.0. The molecular weight excluding hydrogens is 284 g/mol. The highest BCUT2D eigenvalue weighted by Gasteiger charge is 2.19. The van der Waals surface area contributed by atoms with Crippen molar-refractivity contribution in [2.45, 2.75) is 45.6 Å². The van der Waals surface area contributed by atoms with Crippen molar-refractivity contribution in [1.82, 2.24) is 14.8 Å². The maximum atomic E-state index is 12.6. The molecule has 2 heterocycles. The molecule has 0 radical (unpaired) electrons. The minimum absolute atomic E-state index is 0.0305. The monoisotopic (exact) mass is 304 g/mol. The molecule has 0 amide bonds. The third-order valence-electron chi connectivity index (χ3n) is 3.81. The van der Waals surface area contributed by atoms with Gasteiger partial charge in [0.25, 0.3) is 5.56 Å². The SMILES string of the molecule is CC(C)Nc1nnc(-c2cc3c(n(C)c2=O)CCCC3)s1. The van der Waals surface area contributed by atoms with Crippen LogP contribution in [0.5, 0.6) is 0 Å². The molecule has 0 spiro atoms. The Bertz CT molecular complexity index is 717. The van der Waals surface area contributed by atoms with E-state index < -0.39 is 0 Å². The summed E-state index contributed by atoms with van der Waals surface area (Å²) in [4.78, 5) is 12.6. The van der Waals surface area contributed by atoms with Crippen molar-refractivity contribution in [3.05, 3.63) is 27.7 Å².